The van der Waals surface area contributed by atoms with E-state index in [-0.39, 0.29) is 5.91 Å². The third-order valence-electron chi connectivity index (χ3n) is 3.72. The first-order valence-corrected chi connectivity index (χ1v) is 5.83. The number of piperazine rings is 1. The summed E-state index contributed by atoms with van der Waals surface area (Å²) in [6.07, 6.45) is 0. The lowest BCUT2D eigenvalue weighted by Gasteiger charge is -2.37. The summed E-state index contributed by atoms with van der Waals surface area (Å²) >= 11 is 0. The van der Waals surface area contributed by atoms with Crippen LogP contribution in [0.5, 0.6) is 0 Å². The second-order valence-corrected chi connectivity index (χ2v) is 4.65. The first-order chi connectivity index (χ1) is 7.75. The van der Waals surface area contributed by atoms with Crippen molar-refractivity contribution < 1.29 is 4.79 Å². The zero-order chi connectivity index (χ0) is 11.1. The second kappa shape index (κ2) is 3.59. The third-order valence-corrected chi connectivity index (χ3v) is 3.72. The van der Waals surface area contributed by atoms with Crippen LogP contribution in [0.1, 0.15) is 24.1 Å². The fourth-order valence-electron chi connectivity index (χ4n) is 2.81. The Morgan fingerprint density at radius 3 is 2.94 bits per heavy atom. The molecule has 1 aromatic carbocycles. The Labute approximate surface area is 95.7 Å². The van der Waals surface area contributed by atoms with Crippen molar-refractivity contribution in [2.24, 2.45) is 0 Å². The number of hydrogen-bond acceptors (Lipinski definition) is 2. The maximum absolute atomic E-state index is 11.4. The highest BCUT2D eigenvalue weighted by Crippen LogP contribution is 2.35. The molecule has 1 aromatic rings. The fraction of sp³-hybridized carbons (Fsp3) is 0.462. The topological polar surface area (TPSA) is 23.6 Å². The molecule has 84 valence electrons. The number of rotatable bonds is 0. The van der Waals surface area contributed by atoms with Crippen molar-refractivity contribution in [2.75, 3.05) is 19.6 Å². The highest BCUT2D eigenvalue weighted by Gasteiger charge is 2.35. The van der Waals surface area contributed by atoms with Crippen molar-refractivity contribution in [3.63, 3.8) is 0 Å². The Morgan fingerprint density at radius 1 is 1.31 bits per heavy atom. The Hall–Kier alpha value is -1.35. The largest absolute Gasteiger partial charge is 0.340 e. The molecule has 16 heavy (non-hydrogen) atoms. The minimum Gasteiger partial charge on any atom is -0.340 e. The van der Waals surface area contributed by atoms with Gasteiger partial charge in [-0.05, 0) is 11.1 Å². The molecular weight excluding hydrogens is 200 g/mol. The van der Waals surface area contributed by atoms with E-state index in [2.05, 4.69) is 29.2 Å². The maximum atomic E-state index is 11.4. The van der Waals surface area contributed by atoms with Crippen molar-refractivity contribution in [2.45, 2.75) is 19.5 Å². The van der Waals surface area contributed by atoms with Crippen LogP contribution in [0.15, 0.2) is 24.3 Å². The number of benzene rings is 1. The Morgan fingerprint density at radius 2 is 2.12 bits per heavy atom. The molecule has 0 aliphatic carbocycles. The van der Waals surface area contributed by atoms with Gasteiger partial charge in [-0.1, -0.05) is 24.3 Å². The van der Waals surface area contributed by atoms with Gasteiger partial charge in [0.1, 0.15) is 0 Å². The molecule has 2 aliphatic rings. The SMILES string of the molecule is CC(=O)N1CCN2Cc3ccccc3C2C1. The molecule has 1 fully saturated rings. The number of fused-ring (bicyclic) bond motifs is 3. The number of nitrogens with zero attached hydrogens (tertiary/aromatic N) is 2. The van der Waals surface area contributed by atoms with E-state index in [0.29, 0.717) is 6.04 Å². The molecule has 0 aromatic heterocycles. The van der Waals surface area contributed by atoms with E-state index in [1.807, 2.05) is 4.90 Å². The summed E-state index contributed by atoms with van der Waals surface area (Å²) in [5, 5.41) is 0. The highest BCUT2D eigenvalue weighted by molar-refractivity contribution is 5.73. The summed E-state index contributed by atoms with van der Waals surface area (Å²) in [5.41, 5.74) is 2.84. The minimum atomic E-state index is 0.198. The molecule has 1 amide bonds. The number of carbonyl (C=O) groups is 1. The van der Waals surface area contributed by atoms with Crippen LogP contribution < -0.4 is 0 Å². The molecule has 3 nitrogen and oxygen atoms in total. The molecule has 1 unspecified atom stereocenters. The number of amides is 1. The normalized spacial score (nSPS) is 24.1. The first-order valence-electron chi connectivity index (χ1n) is 5.83. The zero-order valence-corrected chi connectivity index (χ0v) is 9.52. The fourth-order valence-corrected chi connectivity index (χ4v) is 2.81. The van der Waals surface area contributed by atoms with Crippen molar-refractivity contribution in [1.82, 2.24) is 9.80 Å². The lowest BCUT2D eigenvalue weighted by atomic mass is 10.0. The Kier molecular flexibility index (Phi) is 2.21. The minimum absolute atomic E-state index is 0.198. The number of hydrogen-bond donors (Lipinski definition) is 0. The van der Waals surface area contributed by atoms with E-state index in [9.17, 15) is 4.79 Å². The summed E-state index contributed by atoms with van der Waals surface area (Å²) in [5.74, 6) is 0.198. The van der Waals surface area contributed by atoms with Crippen LogP contribution in [-0.2, 0) is 11.3 Å². The highest BCUT2D eigenvalue weighted by atomic mass is 16.2. The summed E-state index contributed by atoms with van der Waals surface area (Å²) in [7, 11) is 0. The summed E-state index contributed by atoms with van der Waals surface area (Å²) in [6.45, 7) is 5.44. The summed E-state index contributed by atoms with van der Waals surface area (Å²) < 4.78 is 0. The number of carbonyl (C=O) groups excluding carboxylic acids is 1. The van der Waals surface area contributed by atoms with Gasteiger partial charge in [0.15, 0.2) is 0 Å². The van der Waals surface area contributed by atoms with Crippen molar-refractivity contribution in [1.29, 1.82) is 0 Å². The van der Waals surface area contributed by atoms with E-state index in [0.717, 1.165) is 26.2 Å². The van der Waals surface area contributed by atoms with Gasteiger partial charge in [-0.2, -0.15) is 0 Å². The lowest BCUT2D eigenvalue weighted by Crippen LogP contribution is -2.47. The predicted octanol–water partition coefficient (Wildman–Crippen LogP) is 1.41. The predicted molar refractivity (Wildman–Crippen MR) is 61.8 cm³/mol. The van der Waals surface area contributed by atoms with Gasteiger partial charge < -0.3 is 4.90 Å². The van der Waals surface area contributed by atoms with Gasteiger partial charge >= 0.3 is 0 Å². The van der Waals surface area contributed by atoms with Gasteiger partial charge in [0, 0.05) is 33.1 Å². The molecule has 3 heteroatoms. The van der Waals surface area contributed by atoms with Crippen molar-refractivity contribution >= 4 is 5.91 Å². The van der Waals surface area contributed by atoms with Gasteiger partial charge in [-0.15, -0.1) is 0 Å². The van der Waals surface area contributed by atoms with E-state index < -0.39 is 0 Å². The molecule has 0 spiro atoms. The molecule has 1 saturated heterocycles. The smallest absolute Gasteiger partial charge is 0.219 e. The third kappa shape index (κ3) is 1.43. The second-order valence-electron chi connectivity index (χ2n) is 4.65. The van der Waals surface area contributed by atoms with Gasteiger partial charge in [0.25, 0.3) is 0 Å². The first kappa shape index (κ1) is 9.85. The van der Waals surface area contributed by atoms with Crippen LogP contribution in [0.2, 0.25) is 0 Å². The van der Waals surface area contributed by atoms with Crippen LogP contribution in [0.25, 0.3) is 0 Å². The van der Waals surface area contributed by atoms with Crippen LogP contribution in [-0.4, -0.2) is 35.3 Å². The quantitative estimate of drug-likeness (QED) is 0.654. The standard InChI is InChI=1S/C13H16N2O/c1-10(16)14-6-7-15-8-11-4-2-3-5-12(11)13(15)9-14/h2-5,13H,6-9H2,1H3. The zero-order valence-electron chi connectivity index (χ0n) is 9.52. The van der Waals surface area contributed by atoms with Crippen LogP contribution in [0, 0.1) is 0 Å². The lowest BCUT2D eigenvalue weighted by molar-refractivity contribution is -0.131. The van der Waals surface area contributed by atoms with Gasteiger partial charge in [-0.25, -0.2) is 0 Å². The van der Waals surface area contributed by atoms with E-state index in [1.165, 1.54) is 11.1 Å². The molecule has 0 N–H and O–H groups in total. The van der Waals surface area contributed by atoms with E-state index >= 15 is 0 Å². The van der Waals surface area contributed by atoms with Crippen LogP contribution in [0.4, 0.5) is 0 Å². The molecule has 2 heterocycles. The monoisotopic (exact) mass is 216 g/mol. The van der Waals surface area contributed by atoms with Crippen molar-refractivity contribution in [3.8, 4) is 0 Å². The molecule has 3 rings (SSSR count). The summed E-state index contributed by atoms with van der Waals surface area (Å²) in [4.78, 5) is 15.8. The average Bonchev–Trinajstić information content (AvgIpc) is 2.66. The van der Waals surface area contributed by atoms with E-state index in [1.54, 1.807) is 6.92 Å². The molecule has 0 saturated carbocycles. The molecule has 0 bridgehead atoms. The molecular formula is C13H16N2O. The van der Waals surface area contributed by atoms with E-state index in [4.69, 9.17) is 0 Å². The maximum Gasteiger partial charge on any atom is 0.219 e. The van der Waals surface area contributed by atoms with Crippen LogP contribution >= 0.6 is 0 Å². The van der Waals surface area contributed by atoms with Crippen LogP contribution in [0.3, 0.4) is 0 Å². The van der Waals surface area contributed by atoms with Gasteiger partial charge in [-0.3, -0.25) is 9.69 Å². The Balaban J connectivity index is 1.89. The summed E-state index contributed by atoms with van der Waals surface area (Å²) in [6, 6.07) is 9.01. The Bertz CT molecular complexity index is 430. The average molecular weight is 216 g/mol. The van der Waals surface area contributed by atoms with Gasteiger partial charge in [0.05, 0.1) is 6.04 Å². The van der Waals surface area contributed by atoms with Gasteiger partial charge in [0.2, 0.25) is 5.91 Å². The van der Waals surface area contributed by atoms with Crippen molar-refractivity contribution in [3.05, 3.63) is 35.4 Å². The molecule has 1 atom stereocenters. The molecule has 2 aliphatic heterocycles. The molecule has 0 radical (unpaired) electrons.